The lowest BCUT2D eigenvalue weighted by atomic mass is 10.1. The van der Waals surface area contributed by atoms with E-state index >= 15 is 0 Å². The Hall–Kier alpha value is -0.760. The van der Waals surface area contributed by atoms with Gasteiger partial charge in [-0.2, -0.15) is 0 Å². The fourth-order valence-corrected chi connectivity index (χ4v) is 2.57. The van der Waals surface area contributed by atoms with Crippen molar-refractivity contribution in [1.82, 2.24) is 5.32 Å². The molecule has 0 bridgehead atoms. The zero-order chi connectivity index (χ0) is 10.7. The van der Waals surface area contributed by atoms with E-state index in [1.165, 1.54) is 25.7 Å². The molecule has 3 unspecified atom stereocenters. The van der Waals surface area contributed by atoms with Crippen molar-refractivity contribution in [3.8, 4) is 0 Å². The third kappa shape index (κ3) is 2.63. The molecule has 0 amide bonds. The van der Waals surface area contributed by atoms with E-state index in [1.54, 1.807) is 6.26 Å². The summed E-state index contributed by atoms with van der Waals surface area (Å²) >= 11 is 0. The molecule has 2 heteroatoms. The third-order valence-corrected chi connectivity index (χ3v) is 3.57. The van der Waals surface area contributed by atoms with Crippen LogP contribution >= 0.6 is 0 Å². The molecule has 1 heterocycles. The molecule has 1 aromatic rings. The molecule has 1 fully saturated rings. The SMILES string of the molecule is CCC1CCC(NC(C)c2ccco2)C1. The van der Waals surface area contributed by atoms with Gasteiger partial charge in [0.2, 0.25) is 0 Å². The van der Waals surface area contributed by atoms with Crippen LogP contribution in [0.15, 0.2) is 22.8 Å². The normalized spacial score (nSPS) is 28.1. The highest BCUT2D eigenvalue weighted by Crippen LogP contribution is 2.29. The second-order valence-corrected chi connectivity index (χ2v) is 4.69. The van der Waals surface area contributed by atoms with Gasteiger partial charge in [0.05, 0.1) is 12.3 Å². The average Bonchev–Trinajstić information content (AvgIpc) is 2.87. The molecule has 15 heavy (non-hydrogen) atoms. The van der Waals surface area contributed by atoms with Gasteiger partial charge < -0.3 is 9.73 Å². The van der Waals surface area contributed by atoms with Gasteiger partial charge in [-0.1, -0.05) is 13.3 Å². The number of hydrogen-bond donors (Lipinski definition) is 1. The van der Waals surface area contributed by atoms with E-state index in [9.17, 15) is 0 Å². The highest BCUT2D eigenvalue weighted by Gasteiger charge is 2.24. The quantitative estimate of drug-likeness (QED) is 0.817. The highest BCUT2D eigenvalue weighted by molar-refractivity contribution is 5.03. The summed E-state index contributed by atoms with van der Waals surface area (Å²) in [7, 11) is 0. The molecule has 0 aliphatic heterocycles. The van der Waals surface area contributed by atoms with Crippen molar-refractivity contribution >= 4 is 0 Å². The predicted molar refractivity (Wildman–Crippen MR) is 61.7 cm³/mol. The van der Waals surface area contributed by atoms with Crippen molar-refractivity contribution in [1.29, 1.82) is 0 Å². The summed E-state index contributed by atoms with van der Waals surface area (Å²) < 4.78 is 5.40. The van der Waals surface area contributed by atoms with E-state index in [0.717, 1.165) is 11.7 Å². The van der Waals surface area contributed by atoms with Gasteiger partial charge in [-0.05, 0) is 44.2 Å². The molecule has 1 saturated carbocycles. The highest BCUT2D eigenvalue weighted by atomic mass is 16.3. The van der Waals surface area contributed by atoms with E-state index in [0.29, 0.717) is 12.1 Å². The first kappa shape index (κ1) is 10.7. The van der Waals surface area contributed by atoms with Crippen LogP contribution in [-0.2, 0) is 0 Å². The van der Waals surface area contributed by atoms with Gasteiger partial charge in [0.1, 0.15) is 5.76 Å². The molecular weight excluding hydrogens is 186 g/mol. The maximum atomic E-state index is 5.40. The standard InChI is InChI=1S/C13H21NO/c1-3-11-6-7-12(9-11)14-10(2)13-5-4-8-15-13/h4-5,8,10-12,14H,3,6-7,9H2,1-2H3. The molecule has 1 aromatic heterocycles. The van der Waals surface area contributed by atoms with E-state index in [1.807, 2.05) is 12.1 Å². The molecule has 1 aliphatic rings. The Morgan fingerprint density at radius 2 is 2.40 bits per heavy atom. The van der Waals surface area contributed by atoms with Crippen molar-refractivity contribution in [2.45, 2.75) is 51.6 Å². The molecule has 0 saturated heterocycles. The average molecular weight is 207 g/mol. The van der Waals surface area contributed by atoms with Crippen LogP contribution in [0.3, 0.4) is 0 Å². The van der Waals surface area contributed by atoms with Gasteiger partial charge >= 0.3 is 0 Å². The lowest BCUT2D eigenvalue weighted by Crippen LogP contribution is -2.29. The second kappa shape index (κ2) is 4.84. The van der Waals surface area contributed by atoms with E-state index in [-0.39, 0.29) is 0 Å². The summed E-state index contributed by atoms with van der Waals surface area (Å²) in [5.74, 6) is 1.99. The molecule has 1 N–H and O–H groups in total. The van der Waals surface area contributed by atoms with Crippen molar-refractivity contribution in [2.24, 2.45) is 5.92 Å². The van der Waals surface area contributed by atoms with E-state index in [2.05, 4.69) is 19.2 Å². The zero-order valence-electron chi connectivity index (χ0n) is 9.70. The summed E-state index contributed by atoms with van der Waals surface area (Å²) in [6.07, 6.45) is 7.12. The van der Waals surface area contributed by atoms with E-state index < -0.39 is 0 Å². The summed E-state index contributed by atoms with van der Waals surface area (Å²) in [5.41, 5.74) is 0. The maximum absolute atomic E-state index is 5.40. The molecule has 84 valence electrons. The Labute approximate surface area is 92.1 Å². The van der Waals surface area contributed by atoms with Gasteiger partial charge in [-0.3, -0.25) is 0 Å². The summed E-state index contributed by atoms with van der Waals surface area (Å²) in [5, 5.41) is 3.65. The minimum atomic E-state index is 0.348. The van der Waals surface area contributed by atoms with Gasteiger partial charge in [0.25, 0.3) is 0 Å². The van der Waals surface area contributed by atoms with Crippen LogP contribution < -0.4 is 5.32 Å². The van der Waals surface area contributed by atoms with Crippen LogP contribution in [0.1, 0.15) is 51.3 Å². The molecular formula is C13H21NO. The van der Waals surface area contributed by atoms with Gasteiger partial charge in [0, 0.05) is 6.04 Å². The topological polar surface area (TPSA) is 25.2 Å². The largest absolute Gasteiger partial charge is 0.468 e. The lowest BCUT2D eigenvalue weighted by Gasteiger charge is -2.17. The first-order chi connectivity index (χ1) is 7.29. The number of hydrogen-bond acceptors (Lipinski definition) is 2. The summed E-state index contributed by atoms with van der Waals surface area (Å²) in [6.45, 7) is 4.47. The number of nitrogens with one attached hydrogen (secondary N) is 1. The van der Waals surface area contributed by atoms with Crippen LogP contribution in [0, 0.1) is 5.92 Å². The van der Waals surface area contributed by atoms with Crippen LogP contribution in [0.25, 0.3) is 0 Å². The molecule has 0 spiro atoms. The van der Waals surface area contributed by atoms with Gasteiger partial charge in [-0.25, -0.2) is 0 Å². The van der Waals surface area contributed by atoms with E-state index in [4.69, 9.17) is 4.42 Å². The maximum Gasteiger partial charge on any atom is 0.120 e. The molecule has 3 atom stereocenters. The second-order valence-electron chi connectivity index (χ2n) is 4.69. The molecule has 2 rings (SSSR count). The molecule has 2 nitrogen and oxygen atoms in total. The van der Waals surface area contributed by atoms with Crippen LogP contribution in [-0.4, -0.2) is 6.04 Å². The lowest BCUT2D eigenvalue weighted by molar-refractivity contribution is 0.382. The van der Waals surface area contributed by atoms with Gasteiger partial charge in [-0.15, -0.1) is 0 Å². The zero-order valence-corrected chi connectivity index (χ0v) is 9.70. The Kier molecular flexibility index (Phi) is 3.47. The molecule has 1 aliphatic carbocycles. The fourth-order valence-electron chi connectivity index (χ4n) is 2.57. The predicted octanol–water partition coefficient (Wildman–Crippen LogP) is 3.51. The number of furan rings is 1. The minimum Gasteiger partial charge on any atom is -0.468 e. The van der Waals surface area contributed by atoms with Crippen molar-refractivity contribution in [3.63, 3.8) is 0 Å². The van der Waals surface area contributed by atoms with Crippen LogP contribution in [0.2, 0.25) is 0 Å². The Balaban J connectivity index is 1.83. The number of rotatable bonds is 4. The molecule has 0 radical (unpaired) electrons. The Morgan fingerprint density at radius 1 is 1.53 bits per heavy atom. The Bertz CT molecular complexity index is 281. The third-order valence-electron chi connectivity index (χ3n) is 3.57. The minimum absolute atomic E-state index is 0.348. The van der Waals surface area contributed by atoms with Crippen LogP contribution in [0.4, 0.5) is 0 Å². The fraction of sp³-hybridized carbons (Fsp3) is 0.692. The summed E-state index contributed by atoms with van der Waals surface area (Å²) in [4.78, 5) is 0. The smallest absolute Gasteiger partial charge is 0.120 e. The first-order valence-corrected chi connectivity index (χ1v) is 6.09. The van der Waals surface area contributed by atoms with Crippen molar-refractivity contribution < 1.29 is 4.42 Å². The monoisotopic (exact) mass is 207 g/mol. The molecule has 0 aromatic carbocycles. The summed E-state index contributed by atoms with van der Waals surface area (Å²) in [6, 6.07) is 5.04. The Morgan fingerprint density at radius 3 is 3.00 bits per heavy atom. The first-order valence-electron chi connectivity index (χ1n) is 6.09. The van der Waals surface area contributed by atoms with Crippen LogP contribution in [0.5, 0.6) is 0 Å². The van der Waals surface area contributed by atoms with Crippen molar-refractivity contribution in [2.75, 3.05) is 0 Å². The van der Waals surface area contributed by atoms with Gasteiger partial charge in [0.15, 0.2) is 0 Å². The van der Waals surface area contributed by atoms with Crippen molar-refractivity contribution in [3.05, 3.63) is 24.2 Å².